The van der Waals surface area contributed by atoms with Crippen LogP contribution in [0.5, 0.6) is 0 Å². The minimum atomic E-state index is -0.660. The van der Waals surface area contributed by atoms with E-state index in [0.29, 0.717) is 6.42 Å². The molecule has 2 fully saturated rings. The van der Waals surface area contributed by atoms with E-state index >= 15 is 0 Å². The highest BCUT2D eigenvalue weighted by Crippen LogP contribution is 2.47. The van der Waals surface area contributed by atoms with Crippen LogP contribution in [0, 0.1) is 31.6 Å². The molecule has 5 atom stereocenters. The minimum absolute atomic E-state index is 0.00754. The summed E-state index contributed by atoms with van der Waals surface area (Å²) in [6, 6.07) is 5.98. The van der Waals surface area contributed by atoms with Crippen LogP contribution in [0.15, 0.2) is 30.4 Å². The number of fused-ring (bicyclic) bond motifs is 1. The molecule has 0 amide bonds. The highest BCUT2D eigenvalue weighted by molar-refractivity contribution is 5.88. The van der Waals surface area contributed by atoms with Crippen LogP contribution < -0.4 is 0 Å². The Morgan fingerprint density at radius 3 is 2.71 bits per heavy atom. The zero-order valence-electron chi connectivity index (χ0n) is 12.5. The summed E-state index contributed by atoms with van der Waals surface area (Å²) in [5.74, 6) is 0.468. The van der Waals surface area contributed by atoms with E-state index in [2.05, 4.69) is 6.07 Å². The van der Waals surface area contributed by atoms with Gasteiger partial charge in [0.2, 0.25) is 0 Å². The molecule has 0 spiro atoms. The topological polar surface area (TPSA) is 57.5 Å². The monoisotopic (exact) mass is 286 g/mol. The normalized spacial score (nSPS) is 33.0. The first-order valence-electron chi connectivity index (χ1n) is 7.61. The van der Waals surface area contributed by atoms with Crippen molar-refractivity contribution in [3.63, 3.8) is 0 Å². The number of hydrogen-bond donors (Lipinski definition) is 2. The maximum Gasteiger partial charge on any atom is 0.136 e. The predicted octanol–water partition coefficient (Wildman–Crippen LogP) is 2.48. The molecule has 3 nitrogen and oxygen atoms in total. The maximum absolute atomic E-state index is 11.5. The van der Waals surface area contributed by atoms with Gasteiger partial charge in [-0.3, -0.25) is 4.79 Å². The van der Waals surface area contributed by atoms with E-state index in [4.69, 9.17) is 0 Å². The van der Waals surface area contributed by atoms with Crippen molar-refractivity contribution in [2.75, 3.05) is 0 Å². The lowest BCUT2D eigenvalue weighted by Gasteiger charge is -2.30. The molecule has 3 heteroatoms. The van der Waals surface area contributed by atoms with Gasteiger partial charge < -0.3 is 10.2 Å². The fourth-order valence-corrected chi connectivity index (χ4v) is 3.72. The third-order valence-corrected chi connectivity index (χ3v) is 5.06. The number of aryl methyl sites for hydroxylation is 2. The molecule has 0 radical (unpaired) electrons. The Hall–Kier alpha value is -1.45. The number of hydrogen-bond acceptors (Lipinski definition) is 3. The molecule has 3 rings (SSSR count). The third kappa shape index (κ3) is 2.56. The van der Waals surface area contributed by atoms with Gasteiger partial charge in [-0.2, -0.15) is 0 Å². The molecule has 0 bridgehead atoms. The number of aliphatic hydroxyl groups is 2. The Bertz CT molecular complexity index is 590. The maximum atomic E-state index is 11.5. The molecular formula is C18H22O3. The van der Waals surface area contributed by atoms with Crippen molar-refractivity contribution in [3.05, 3.63) is 47.0 Å². The smallest absolute Gasteiger partial charge is 0.136 e. The Morgan fingerprint density at radius 2 is 2.10 bits per heavy atom. The fraction of sp³-hybridized carbons (Fsp3) is 0.500. The largest absolute Gasteiger partial charge is 0.392 e. The highest BCUT2D eigenvalue weighted by Gasteiger charge is 2.51. The van der Waals surface area contributed by atoms with Crippen LogP contribution in [0.2, 0.25) is 0 Å². The highest BCUT2D eigenvalue weighted by atomic mass is 16.3. The number of rotatable bonds is 3. The van der Waals surface area contributed by atoms with Gasteiger partial charge >= 0.3 is 0 Å². The van der Waals surface area contributed by atoms with Crippen LogP contribution in [0.3, 0.4) is 0 Å². The summed E-state index contributed by atoms with van der Waals surface area (Å²) in [6.07, 6.45) is 3.79. The third-order valence-electron chi connectivity index (χ3n) is 5.06. The average molecular weight is 286 g/mol. The second-order valence-electron chi connectivity index (χ2n) is 6.52. The van der Waals surface area contributed by atoms with Crippen molar-refractivity contribution < 1.29 is 15.0 Å². The fourth-order valence-electron chi connectivity index (χ4n) is 3.72. The van der Waals surface area contributed by atoms with E-state index in [-0.39, 0.29) is 23.5 Å². The summed E-state index contributed by atoms with van der Waals surface area (Å²) < 4.78 is 0. The lowest BCUT2D eigenvalue weighted by Crippen LogP contribution is -2.38. The first-order chi connectivity index (χ1) is 9.97. The standard InChI is InChI=1S/C18H22O3/c1-10-3-5-13(11(2)7-10)16(19)6-4-12-8-14-15(18(12)21)9-17(14)20/h3-7,12,14-16,18-19,21H,8-9H2,1-2H3/t12?,14-,15+,16?,18?/m0/s1. The second kappa shape index (κ2) is 5.39. The van der Waals surface area contributed by atoms with Crippen LogP contribution >= 0.6 is 0 Å². The molecule has 2 N–H and O–H groups in total. The Morgan fingerprint density at radius 1 is 1.33 bits per heavy atom. The Balaban J connectivity index is 1.70. The molecular weight excluding hydrogens is 264 g/mol. The van der Waals surface area contributed by atoms with Crippen molar-refractivity contribution in [1.29, 1.82) is 0 Å². The van der Waals surface area contributed by atoms with Crippen LogP contribution in [0.25, 0.3) is 0 Å². The van der Waals surface area contributed by atoms with E-state index in [1.807, 2.05) is 32.1 Å². The second-order valence-corrected chi connectivity index (χ2v) is 6.52. The van der Waals surface area contributed by atoms with Crippen LogP contribution in [-0.4, -0.2) is 22.1 Å². The van der Waals surface area contributed by atoms with Gasteiger partial charge in [-0.1, -0.05) is 35.9 Å². The van der Waals surface area contributed by atoms with Gasteiger partial charge in [0, 0.05) is 24.2 Å². The zero-order valence-corrected chi connectivity index (χ0v) is 12.5. The van der Waals surface area contributed by atoms with E-state index in [0.717, 1.165) is 17.5 Å². The molecule has 3 unspecified atom stereocenters. The molecule has 2 saturated carbocycles. The number of benzene rings is 1. The van der Waals surface area contributed by atoms with E-state index < -0.39 is 12.2 Å². The van der Waals surface area contributed by atoms with Gasteiger partial charge in [-0.25, -0.2) is 0 Å². The minimum Gasteiger partial charge on any atom is -0.392 e. The number of Topliss-reactive ketones (excluding diaryl/α,β-unsaturated/α-hetero) is 1. The van der Waals surface area contributed by atoms with Gasteiger partial charge in [0.05, 0.1) is 12.2 Å². The number of carbonyl (C=O) groups excluding carboxylic acids is 1. The lowest BCUT2D eigenvalue weighted by molar-refractivity contribution is -0.135. The van der Waals surface area contributed by atoms with Crippen molar-refractivity contribution in [2.45, 2.75) is 38.9 Å². The van der Waals surface area contributed by atoms with Gasteiger partial charge in [0.25, 0.3) is 0 Å². The summed E-state index contributed by atoms with van der Waals surface area (Å²) in [5.41, 5.74) is 3.13. The molecule has 21 heavy (non-hydrogen) atoms. The molecule has 2 aliphatic carbocycles. The molecule has 2 aliphatic rings. The molecule has 0 saturated heterocycles. The molecule has 0 aliphatic heterocycles. The van der Waals surface area contributed by atoms with Gasteiger partial charge in [0.15, 0.2) is 0 Å². The Kier molecular flexibility index (Phi) is 3.72. The molecule has 0 aromatic heterocycles. The van der Waals surface area contributed by atoms with Gasteiger partial charge in [0.1, 0.15) is 5.78 Å². The lowest BCUT2D eigenvalue weighted by atomic mass is 9.74. The van der Waals surface area contributed by atoms with E-state index in [1.54, 1.807) is 6.08 Å². The molecule has 1 aromatic carbocycles. The van der Waals surface area contributed by atoms with Crippen LogP contribution in [0.1, 0.15) is 35.6 Å². The molecule has 112 valence electrons. The average Bonchev–Trinajstić information content (AvgIpc) is 2.68. The number of aliphatic hydroxyl groups excluding tert-OH is 2. The predicted molar refractivity (Wildman–Crippen MR) is 80.7 cm³/mol. The van der Waals surface area contributed by atoms with Crippen molar-refractivity contribution in [2.24, 2.45) is 17.8 Å². The summed E-state index contributed by atoms with van der Waals surface area (Å²) >= 11 is 0. The SMILES string of the molecule is Cc1ccc(C(O)C=CC2C[C@@H]3C(=O)C[C@H]3C2O)c(C)c1. The first-order valence-corrected chi connectivity index (χ1v) is 7.61. The van der Waals surface area contributed by atoms with Crippen molar-refractivity contribution in [3.8, 4) is 0 Å². The summed E-state index contributed by atoms with van der Waals surface area (Å²) in [4.78, 5) is 11.5. The number of ketones is 1. The summed E-state index contributed by atoms with van der Waals surface area (Å²) in [7, 11) is 0. The van der Waals surface area contributed by atoms with Gasteiger partial charge in [-0.05, 0) is 31.4 Å². The summed E-state index contributed by atoms with van der Waals surface area (Å²) in [5, 5.41) is 20.5. The van der Waals surface area contributed by atoms with Crippen LogP contribution in [0.4, 0.5) is 0 Å². The first kappa shape index (κ1) is 14.5. The quantitative estimate of drug-likeness (QED) is 0.839. The van der Waals surface area contributed by atoms with E-state index in [9.17, 15) is 15.0 Å². The number of carbonyl (C=O) groups is 1. The molecule has 1 aromatic rings. The molecule has 0 heterocycles. The zero-order chi connectivity index (χ0) is 15.1. The van der Waals surface area contributed by atoms with Crippen molar-refractivity contribution >= 4 is 5.78 Å². The van der Waals surface area contributed by atoms with Gasteiger partial charge in [-0.15, -0.1) is 0 Å². The Labute approximate surface area is 125 Å². The van der Waals surface area contributed by atoms with E-state index in [1.165, 1.54) is 5.56 Å². The summed E-state index contributed by atoms with van der Waals surface area (Å²) in [6.45, 7) is 4.02. The van der Waals surface area contributed by atoms with Crippen molar-refractivity contribution in [1.82, 2.24) is 0 Å². The van der Waals surface area contributed by atoms with Crippen LogP contribution in [-0.2, 0) is 4.79 Å².